The fourth-order valence-electron chi connectivity index (χ4n) is 9.33. The number of fused-ring (bicyclic) bond motifs is 2. The molecule has 60 heavy (non-hydrogen) atoms. The molecule has 0 spiro atoms. The quantitative estimate of drug-likeness (QED) is 0.143. The van der Waals surface area contributed by atoms with E-state index in [4.69, 9.17) is 19.4 Å². The first kappa shape index (κ1) is 42.2. The van der Waals surface area contributed by atoms with Crippen molar-refractivity contribution in [3.8, 4) is 22.3 Å². The normalized spacial score (nSPS) is 20.3. The van der Waals surface area contributed by atoms with Gasteiger partial charge < -0.3 is 29.2 Å². The Bertz CT molecular complexity index is 2220. The topological polar surface area (TPSA) is 157 Å². The summed E-state index contributed by atoms with van der Waals surface area (Å²) in [6.45, 7) is 13.2. The van der Waals surface area contributed by atoms with Crippen LogP contribution < -0.4 is 0 Å². The number of carbonyl (C=O) groups is 4. The Morgan fingerprint density at radius 2 is 0.967 bits per heavy atom. The minimum absolute atomic E-state index is 0.105. The van der Waals surface area contributed by atoms with Crippen LogP contribution in [0, 0.1) is 23.7 Å². The van der Waals surface area contributed by atoms with E-state index in [1.54, 1.807) is 14.1 Å². The number of aromatic nitrogens is 4. The van der Waals surface area contributed by atoms with Crippen molar-refractivity contribution in [1.82, 2.24) is 39.5 Å². The number of likely N-dealkylation sites (tertiary alicyclic amines) is 2. The third-order valence-electron chi connectivity index (χ3n) is 12.3. The predicted octanol–water partition coefficient (Wildman–Crippen LogP) is 8.04. The van der Waals surface area contributed by atoms with Crippen LogP contribution in [0.5, 0.6) is 0 Å². The van der Waals surface area contributed by atoms with E-state index in [2.05, 4.69) is 72.3 Å². The standard InChI is InChI=1S/C46H58N8O6/c1-25(2)39(51(7)45(57)59-9)43(55)53-23-27(5)19-37(53)41-47-33-17-15-31(21-35(33)49-41)29-11-13-30(14-12-29)32-16-18-34-36(22-32)50-42(48-34)38-20-28(6)24-54(38)44(56)40(26(3)4)52(8)46(58)60-10/h11-18,21-22,25-28,37-40H,19-20,23-24H2,1-10H3,(H,47,49)(H,48,50)/t27-,28-,37-,38-,39-,40-/m0/s1. The van der Waals surface area contributed by atoms with Crippen LogP contribution in [0.4, 0.5) is 9.59 Å². The van der Waals surface area contributed by atoms with Crippen LogP contribution >= 0.6 is 0 Å². The molecule has 6 atom stereocenters. The van der Waals surface area contributed by atoms with Crippen molar-refractivity contribution >= 4 is 46.1 Å². The summed E-state index contributed by atoms with van der Waals surface area (Å²) >= 11 is 0. The summed E-state index contributed by atoms with van der Waals surface area (Å²) in [6, 6.07) is 19.0. The lowest BCUT2D eigenvalue weighted by Crippen LogP contribution is -2.52. The van der Waals surface area contributed by atoms with Crippen molar-refractivity contribution in [1.29, 1.82) is 0 Å². The van der Waals surface area contributed by atoms with E-state index in [1.165, 1.54) is 24.0 Å². The molecule has 4 heterocycles. The van der Waals surface area contributed by atoms with Gasteiger partial charge in [0.2, 0.25) is 11.8 Å². The number of likely N-dealkylation sites (N-methyl/N-ethyl adjacent to an activating group) is 2. The van der Waals surface area contributed by atoms with Crippen LogP contribution in [0.25, 0.3) is 44.3 Å². The molecule has 2 aromatic heterocycles. The van der Waals surface area contributed by atoms with E-state index in [0.717, 1.165) is 68.8 Å². The number of H-pyrrole nitrogens is 2. The van der Waals surface area contributed by atoms with E-state index in [9.17, 15) is 19.2 Å². The average molecular weight is 819 g/mol. The molecule has 14 nitrogen and oxygen atoms in total. The molecule has 2 aliphatic heterocycles. The number of aromatic amines is 2. The summed E-state index contributed by atoms with van der Waals surface area (Å²) in [4.78, 5) is 76.4. The van der Waals surface area contributed by atoms with E-state index in [1.807, 2.05) is 49.6 Å². The van der Waals surface area contributed by atoms with Gasteiger partial charge in [-0.1, -0.05) is 77.9 Å². The van der Waals surface area contributed by atoms with Gasteiger partial charge in [-0.15, -0.1) is 0 Å². The highest BCUT2D eigenvalue weighted by atomic mass is 16.5. The molecular formula is C46H58N8O6. The number of methoxy groups -OCH3 is 2. The first-order chi connectivity index (χ1) is 28.6. The largest absolute Gasteiger partial charge is 0.453 e. The maximum absolute atomic E-state index is 14.0. The van der Waals surface area contributed by atoms with Crippen LogP contribution in [-0.4, -0.2) is 117 Å². The molecule has 5 aromatic rings. The van der Waals surface area contributed by atoms with Crippen molar-refractivity contribution in [2.75, 3.05) is 41.4 Å². The molecule has 4 amide bonds. The van der Waals surface area contributed by atoms with Crippen molar-refractivity contribution < 1.29 is 28.7 Å². The van der Waals surface area contributed by atoms with E-state index in [-0.39, 0.29) is 47.6 Å². The lowest BCUT2D eigenvalue weighted by Gasteiger charge is -2.34. The molecule has 14 heteroatoms. The first-order valence-corrected chi connectivity index (χ1v) is 20.9. The number of amides is 4. The highest BCUT2D eigenvalue weighted by Gasteiger charge is 2.43. The van der Waals surface area contributed by atoms with Gasteiger partial charge in [0.25, 0.3) is 0 Å². The van der Waals surface area contributed by atoms with Gasteiger partial charge in [0.05, 0.1) is 48.4 Å². The molecule has 3 aromatic carbocycles. The fourth-order valence-corrected chi connectivity index (χ4v) is 9.33. The molecule has 0 unspecified atom stereocenters. The van der Waals surface area contributed by atoms with Crippen LogP contribution in [0.2, 0.25) is 0 Å². The van der Waals surface area contributed by atoms with Crippen LogP contribution in [0.15, 0.2) is 60.7 Å². The lowest BCUT2D eigenvalue weighted by molar-refractivity contribution is -0.139. The highest BCUT2D eigenvalue weighted by molar-refractivity contribution is 5.88. The summed E-state index contributed by atoms with van der Waals surface area (Å²) < 4.78 is 9.89. The van der Waals surface area contributed by atoms with Crippen LogP contribution in [-0.2, 0) is 19.1 Å². The minimum Gasteiger partial charge on any atom is -0.453 e. The number of imidazole rings is 2. The van der Waals surface area contributed by atoms with Gasteiger partial charge >= 0.3 is 12.2 Å². The van der Waals surface area contributed by atoms with Crippen LogP contribution in [0.1, 0.15) is 78.1 Å². The molecule has 7 rings (SSSR count). The average Bonchev–Trinajstić information content (AvgIpc) is 4.03. The number of hydrogen-bond acceptors (Lipinski definition) is 8. The van der Waals surface area contributed by atoms with Gasteiger partial charge in [-0.25, -0.2) is 19.6 Å². The molecule has 0 aliphatic carbocycles. The SMILES string of the molecule is COC(=O)N(C)[C@H](C(=O)N1C[C@@H](C)C[C@H]1c1nc2cc(-c3ccc(-c4ccc5[nH]c([C@@H]6C[C@H](C)CN6C(=O)[C@H](C(C)C)N(C)C(=O)OC)nc5c4)cc3)ccc2[nH]1)C(C)C. The summed E-state index contributed by atoms with van der Waals surface area (Å²) in [5, 5.41) is 0. The van der Waals surface area contributed by atoms with Gasteiger partial charge in [-0.2, -0.15) is 0 Å². The highest BCUT2D eigenvalue weighted by Crippen LogP contribution is 2.39. The molecular weight excluding hydrogens is 761 g/mol. The second-order valence-electron chi connectivity index (χ2n) is 17.5. The third kappa shape index (κ3) is 8.03. The Kier molecular flexibility index (Phi) is 11.9. The van der Waals surface area contributed by atoms with Gasteiger partial charge in [-0.3, -0.25) is 19.4 Å². The number of ether oxygens (including phenoxy) is 2. The van der Waals surface area contributed by atoms with Gasteiger partial charge in [0, 0.05) is 27.2 Å². The summed E-state index contributed by atoms with van der Waals surface area (Å²) in [5.74, 6) is 1.60. The Hall–Kier alpha value is -5.92. The van der Waals surface area contributed by atoms with Crippen molar-refractivity contribution in [3.05, 3.63) is 72.3 Å². The van der Waals surface area contributed by atoms with Gasteiger partial charge in [0.15, 0.2) is 0 Å². The zero-order chi connectivity index (χ0) is 43.2. The maximum Gasteiger partial charge on any atom is 0.409 e. The monoisotopic (exact) mass is 818 g/mol. The summed E-state index contributed by atoms with van der Waals surface area (Å²) in [5.41, 5.74) is 7.55. The number of nitrogens with zero attached hydrogens (tertiary/aromatic N) is 6. The van der Waals surface area contributed by atoms with Gasteiger partial charge in [0.1, 0.15) is 23.7 Å². The van der Waals surface area contributed by atoms with Crippen LogP contribution in [0.3, 0.4) is 0 Å². The zero-order valence-corrected chi connectivity index (χ0v) is 36.4. The van der Waals surface area contributed by atoms with E-state index in [0.29, 0.717) is 13.1 Å². The Labute approximate surface area is 351 Å². The lowest BCUT2D eigenvalue weighted by atomic mass is 10.00. The third-order valence-corrected chi connectivity index (χ3v) is 12.3. The second-order valence-corrected chi connectivity index (χ2v) is 17.5. The fraction of sp³-hybridized carbons (Fsp3) is 0.478. The second kappa shape index (κ2) is 17.0. The summed E-state index contributed by atoms with van der Waals surface area (Å²) in [7, 11) is 5.88. The molecule has 2 fully saturated rings. The Morgan fingerprint density at radius 3 is 1.30 bits per heavy atom. The number of hydrogen-bond donors (Lipinski definition) is 2. The van der Waals surface area contributed by atoms with Crippen molar-refractivity contribution in [2.24, 2.45) is 23.7 Å². The molecule has 0 bridgehead atoms. The smallest absolute Gasteiger partial charge is 0.409 e. The molecule has 318 valence electrons. The summed E-state index contributed by atoms with van der Waals surface area (Å²) in [6.07, 6.45) is 0.461. The minimum atomic E-state index is -0.654. The predicted molar refractivity (Wildman–Crippen MR) is 231 cm³/mol. The van der Waals surface area contributed by atoms with Gasteiger partial charge in [-0.05, 0) is 83.0 Å². The van der Waals surface area contributed by atoms with Crippen molar-refractivity contribution in [2.45, 2.75) is 78.6 Å². The first-order valence-electron chi connectivity index (χ1n) is 20.9. The number of benzene rings is 3. The van der Waals surface area contributed by atoms with E-state index >= 15 is 0 Å². The Morgan fingerprint density at radius 1 is 0.617 bits per heavy atom. The molecule has 2 saturated heterocycles. The maximum atomic E-state index is 14.0. The van der Waals surface area contributed by atoms with E-state index < -0.39 is 24.3 Å². The molecule has 2 aliphatic rings. The Balaban J connectivity index is 1.09. The number of rotatable bonds is 10. The molecule has 0 saturated carbocycles. The molecule has 0 radical (unpaired) electrons. The van der Waals surface area contributed by atoms with Crippen molar-refractivity contribution in [3.63, 3.8) is 0 Å². The number of carbonyl (C=O) groups excluding carboxylic acids is 4. The zero-order valence-electron chi connectivity index (χ0n) is 36.4. The number of nitrogens with one attached hydrogen (secondary N) is 2. The molecule has 2 N–H and O–H groups in total.